The Balaban J connectivity index is 1.71. The van der Waals surface area contributed by atoms with Gasteiger partial charge in [-0.25, -0.2) is 4.98 Å². The first kappa shape index (κ1) is 11.6. The predicted molar refractivity (Wildman–Crippen MR) is 63.9 cm³/mol. The van der Waals surface area contributed by atoms with Crippen molar-refractivity contribution in [3.05, 3.63) is 12.2 Å². The zero-order chi connectivity index (χ0) is 11.4. The third-order valence-electron chi connectivity index (χ3n) is 3.67. The summed E-state index contributed by atoms with van der Waals surface area (Å²) in [6.45, 7) is 0. The number of aryl methyl sites for hydroxylation is 1. The number of hydrogen-bond acceptors (Lipinski definition) is 3. The van der Waals surface area contributed by atoms with Gasteiger partial charge in [0.2, 0.25) is 0 Å². The predicted octanol–water partition coefficient (Wildman–Crippen LogP) is 1.66. The molecule has 1 aliphatic carbocycles. The molecule has 0 aromatic carbocycles. The maximum atomic E-state index is 6.13. The zero-order valence-corrected chi connectivity index (χ0v) is 10.1. The Hall–Kier alpha value is -0.900. The Morgan fingerprint density at radius 2 is 2.25 bits per heavy atom. The Morgan fingerprint density at radius 3 is 2.88 bits per heavy atom. The van der Waals surface area contributed by atoms with Crippen LogP contribution in [0.4, 0.5) is 0 Å². The van der Waals surface area contributed by atoms with Crippen LogP contribution in [0.25, 0.3) is 0 Å². The van der Waals surface area contributed by atoms with Crippen molar-refractivity contribution >= 4 is 0 Å². The molecule has 0 radical (unpaired) electrons. The molecule has 1 saturated carbocycles. The van der Waals surface area contributed by atoms with Gasteiger partial charge < -0.3 is 5.73 Å². The number of aromatic nitrogens is 3. The van der Waals surface area contributed by atoms with Crippen molar-refractivity contribution in [1.29, 1.82) is 0 Å². The molecule has 4 heteroatoms. The minimum atomic E-state index is 0.239. The van der Waals surface area contributed by atoms with Crippen LogP contribution in [0.1, 0.15) is 44.3 Å². The molecule has 1 unspecified atom stereocenters. The third-order valence-corrected chi connectivity index (χ3v) is 3.67. The van der Waals surface area contributed by atoms with E-state index in [0.29, 0.717) is 0 Å². The van der Waals surface area contributed by atoms with Crippen molar-refractivity contribution < 1.29 is 0 Å². The lowest BCUT2D eigenvalue weighted by molar-refractivity contribution is 0.441. The quantitative estimate of drug-likeness (QED) is 0.824. The van der Waals surface area contributed by atoms with E-state index >= 15 is 0 Å². The van der Waals surface area contributed by atoms with Gasteiger partial charge in [-0.05, 0) is 18.8 Å². The molecule has 0 saturated heterocycles. The van der Waals surface area contributed by atoms with Crippen molar-refractivity contribution in [2.24, 2.45) is 18.7 Å². The second-order valence-corrected chi connectivity index (χ2v) is 4.99. The van der Waals surface area contributed by atoms with Gasteiger partial charge in [-0.1, -0.05) is 25.7 Å². The van der Waals surface area contributed by atoms with Crippen molar-refractivity contribution in [3.63, 3.8) is 0 Å². The average molecular weight is 222 g/mol. The highest BCUT2D eigenvalue weighted by atomic mass is 15.3. The monoisotopic (exact) mass is 222 g/mol. The first-order valence-electron chi connectivity index (χ1n) is 6.34. The molecule has 16 heavy (non-hydrogen) atoms. The highest BCUT2D eigenvalue weighted by Gasteiger charge is 2.16. The lowest BCUT2D eigenvalue weighted by Gasteiger charge is -2.14. The van der Waals surface area contributed by atoms with Crippen LogP contribution in [0.5, 0.6) is 0 Å². The van der Waals surface area contributed by atoms with E-state index in [4.69, 9.17) is 5.73 Å². The Labute approximate surface area is 97.2 Å². The summed E-state index contributed by atoms with van der Waals surface area (Å²) in [6, 6.07) is 0.239. The average Bonchev–Trinajstić information content (AvgIpc) is 2.88. The van der Waals surface area contributed by atoms with E-state index in [1.165, 1.54) is 32.1 Å². The van der Waals surface area contributed by atoms with Gasteiger partial charge in [-0.2, -0.15) is 5.10 Å². The molecule has 1 atom stereocenters. The second-order valence-electron chi connectivity index (χ2n) is 4.99. The molecule has 0 aliphatic heterocycles. The van der Waals surface area contributed by atoms with Gasteiger partial charge in [0.25, 0.3) is 0 Å². The van der Waals surface area contributed by atoms with E-state index in [2.05, 4.69) is 10.1 Å². The van der Waals surface area contributed by atoms with E-state index in [1.807, 2.05) is 11.7 Å². The number of nitrogens with two attached hydrogens (primary N) is 1. The van der Waals surface area contributed by atoms with Gasteiger partial charge in [0.15, 0.2) is 0 Å². The van der Waals surface area contributed by atoms with E-state index in [-0.39, 0.29) is 6.04 Å². The fraction of sp³-hybridized carbons (Fsp3) is 0.833. The lowest BCUT2D eigenvalue weighted by Crippen LogP contribution is -2.25. The maximum absolute atomic E-state index is 6.13. The van der Waals surface area contributed by atoms with Gasteiger partial charge in [0.05, 0.1) is 0 Å². The fourth-order valence-corrected chi connectivity index (χ4v) is 2.59. The molecule has 2 N–H and O–H groups in total. The molecule has 0 amide bonds. The van der Waals surface area contributed by atoms with Crippen molar-refractivity contribution in [2.75, 3.05) is 0 Å². The molecular formula is C12H22N4. The molecule has 90 valence electrons. The van der Waals surface area contributed by atoms with Crippen LogP contribution < -0.4 is 5.73 Å². The Bertz CT molecular complexity index is 315. The van der Waals surface area contributed by atoms with Crippen molar-refractivity contribution in [1.82, 2.24) is 14.8 Å². The van der Waals surface area contributed by atoms with Gasteiger partial charge >= 0.3 is 0 Å². The van der Waals surface area contributed by atoms with Gasteiger partial charge in [-0.15, -0.1) is 0 Å². The van der Waals surface area contributed by atoms with Crippen LogP contribution in [0.3, 0.4) is 0 Å². The summed E-state index contributed by atoms with van der Waals surface area (Å²) in [5.41, 5.74) is 6.13. The molecule has 1 aliphatic rings. The van der Waals surface area contributed by atoms with E-state index in [0.717, 1.165) is 24.6 Å². The maximum Gasteiger partial charge on any atom is 0.138 e. The van der Waals surface area contributed by atoms with Crippen molar-refractivity contribution in [2.45, 2.75) is 51.0 Å². The molecule has 0 bridgehead atoms. The van der Waals surface area contributed by atoms with Crippen LogP contribution in [0.2, 0.25) is 0 Å². The van der Waals surface area contributed by atoms with Crippen LogP contribution in [-0.2, 0) is 13.5 Å². The molecule has 1 heterocycles. The molecular weight excluding hydrogens is 200 g/mol. The lowest BCUT2D eigenvalue weighted by atomic mass is 9.97. The summed E-state index contributed by atoms with van der Waals surface area (Å²) in [5.74, 6) is 1.93. The summed E-state index contributed by atoms with van der Waals surface area (Å²) in [5, 5.41) is 4.06. The molecule has 1 fully saturated rings. The van der Waals surface area contributed by atoms with Crippen LogP contribution in [0.15, 0.2) is 6.33 Å². The normalized spacial score (nSPS) is 19.1. The van der Waals surface area contributed by atoms with Crippen LogP contribution in [-0.4, -0.2) is 20.8 Å². The second kappa shape index (κ2) is 5.43. The fourth-order valence-electron chi connectivity index (χ4n) is 2.59. The molecule has 1 aromatic heterocycles. The smallest absolute Gasteiger partial charge is 0.138 e. The molecule has 2 rings (SSSR count). The van der Waals surface area contributed by atoms with Gasteiger partial charge in [0.1, 0.15) is 12.2 Å². The van der Waals surface area contributed by atoms with Gasteiger partial charge in [0, 0.05) is 19.5 Å². The Kier molecular flexibility index (Phi) is 3.93. The zero-order valence-electron chi connectivity index (χ0n) is 10.1. The molecule has 1 aromatic rings. The summed E-state index contributed by atoms with van der Waals surface area (Å²) in [7, 11) is 1.92. The van der Waals surface area contributed by atoms with E-state index in [1.54, 1.807) is 6.33 Å². The number of nitrogens with zero attached hydrogens (tertiary/aromatic N) is 3. The molecule has 0 spiro atoms. The highest BCUT2D eigenvalue weighted by molar-refractivity contribution is 4.88. The minimum absolute atomic E-state index is 0.239. The standard InChI is InChI=1S/C12H22N4/c1-16-12(14-9-15-16)8-11(13)7-6-10-4-2-3-5-10/h9-11H,2-8,13H2,1H3. The van der Waals surface area contributed by atoms with Crippen LogP contribution >= 0.6 is 0 Å². The van der Waals surface area contributed by atoms with Crippen LogP contribution in [0, 0.1) is 5.92 Å². The minimum Gasteiger partial charge on any atom is -0.327 e. The van der Waals surface area contributed by atoms with Crippen molar-refractivity contribution in [3.8, 4) is 0 Å². The third kappa shape index (κ3) is 3.04. The first-order valence-corrected chi connectivity index (χ1v) is 6.34. The molecule has 4 nitrogen and oxygen atoms in total. The summed E-state index contributed by atoms with van der Waals surface area (Å²) < 4.78 is 1.81. The summed E-state index contributed by atoms with van der Waals surface area (Å²) in [4.78, 5) is 4.21. The largest absolute Gasteiger partial charge is 0.327 e. The summed E-state index contributed by atoms with van der Waals surface area (Å²) >= 11 is 0. The summed E-state index contributed by atoms with van der Waals surface area (Å²) in [6.07, 6.45) is 10.5. The topological polar surface area (TPSA) is 56.7 Å². The number of hydrogen-bond donors (Lipinski definition) is 1. The van der Waals surface area contributed by atoms with Gasteiger partial charge in [-0.3, -0.25) is 4.68 Å². The van der Waals surface area contributed by atoms with E-state index < -0.39 is 0 Å². The Morgan fingerprint density at radius 1 is 1.50 bits per heavy atom. The number of rotatable bonds is 5. The highest BCUT2D eigenvalue weighted by Crippen LogP contribution is 2.28. The SMILES string of the molecule is Cn1ncnc1CC(N)CCC1CCCC1. The van der Waals surface area contributed by atoms with E-state index in [9.17, 15) is 0 Å². The first-order chi connectivity index (χ1) is 7.75.